The highest BCUT2D eigenvalue weighted by molar-refractivity contribution is 7.88. The maximum Gasteiger partial charge on any atom is 0.238 e. The normalized spacial score (nSPS) is 31.3. The molecule has 1 aliphatic carbocycles. The van der Waals surface area contributed by atoms with Gasteiger partial charge in [0.15, 0.2) is 0 Å². The molecule has 0 spiro atoms. The minimum absolute atomic E-state index is 0.116. The van der Waals surface area contributed by atoms with Gasteiger partial charge in [-0.3, -0.25) is 4.79 Å². The van der Waals surface area contributed by atoms with E-state index in [1.54, 1.807) is 0 Å². The van der Waals surface area contributed by atoms with Gasteiger partial charge in [-0.1, -0.05) is 6.42 Å². The summed E-state index contributed by atoms with van der Waals surface area (Å²) in [5.74, 6) is 0.398. The van der Waals surface area contributed by atoms with Gasteiger partial charge in [-0.2, -0.15) is 4.31 Å². The van der Waals surface area contributed by atoms with Crippen molar-refractivity contribution in [2.45, 2.75) is 50.6 Å². The summed E-state index contributed by atoms with van der Waals surface area (Å²) in [4.78, 5) is 14.9. The molecule has 3 fully saturated rings. The summed E-state index contributed by atoms with van der Waals surface area (Å²) in [6.45, 7) is 3.36. The van der Waals surface area contributed by atoms with Gasteiger partial charge in [0.05, 0.1) is 6.26 Å². The lowest BCUT2D eigenvalue weighted by Crippen LogP contribution is -2.52. The number of rotatable bonds is 5. The molecule has 3 aliphatic rings. The standard InChI is InChI=1S/C15H27N3O3S/c1-22(20,21)18-8-3-2-4-14(18)15(19)16-10-12-7-9-17(11-12)13-5-6-13/h12-14H,2-11H2,1H3,(H,16,19)/t12-,14+/m1/s1. The average molecular weight is 329 g/mol. The molecule has 1 N–H and O–H groups in total. The van der Waals surface area contributed by atoms with E-state index in [9.17, 15) is 13.2 Å². The van der Waals surface area contributed by atoms with Crippen LogP contribution in [0.2, 0.25) is 0 Å². The topological polar surface area (TPSA) is 69.7 Å². The maximum absolute atomic E-state index is 12.4. The zero-order valence-electron chi connectivity index (χ0n) is 13.3. The molecular weight excluding hydrogens is 302 g/mol. The lowest BCUT2D eigenvalue weighted by atomic mass is 10.0. The summed E-state index contributed by atoms with van der Waals surface area (Å²) in [5, 5.41) is 3.00. The largest absolute Gasteiger partial charge is 0.354 e. The Balaban J connectivity index is 1.50. The number of piperidine rings is 1. The first-order chi connectivity index (χ1) is 10.4. The van der Waals surface area contributed by atoms with Crippen LogP contribution in [0, 0.1) is 5.92 Å². The highest BCUT2D eigenvalue weighted by atomic mass is 32.2. The number of likely N-dealkylation sites (tertiary alicyclic amines) is 1. The third-order valence-corrected chi connectivity index (χ3v) is 6.42. The van der Waals surface area contributed by atoms with Crippen molar-refractivity contribution < 1.29 is 13.2 Å². The van der Waals surface area contributed by atoms with Crippen molar-refractivity contribution in [1.82, 2.24) is 14.5 Å². The molecular formula is C15H27N3O3S. The predicted molar refractivity (Wildman–Crippen MR) is 84.9 cm³/mol. The van der Waals surface area contributed by atoms with E-state index < -0.39 is 16.1 Å². The van der Waals surface area contributed by atoms with Crippen molar-refractivity contribution in [3.63, 3.8) is 0 Å². The minimum Gasteiger partial charge on any atom is -0.354 e. The molecule has 6 nitrogen and oxygen atoms in total. The Hall–Kier alpha value is -0.660. The third-order valence-electron chi connectivity index (χ3n) is 5.13. The Kier molecular flexibility index (Phi) is 4.75. The van der Waals surface area contributed by atoms with Gasteiger partial charge in [-0.25, -0.2) is 8.42 Å². The van der Waals surface area contributed by atoms with Crippen LogP contribution in [0.5, 0.6) is 0 Å². The Labute approximate surface area is 133 Å². The average Bonchev–Trinajstić information content (AvgIpc) is 3.23. The van der Waals surface area contributed by atoms with Crippen LogP contribution in [0.3, 0.4) is 0 Å². The highest BCUT2D eigenvalue weighted by Crippen LogP contribution is 2.31. The minimum atomic E-state index is -3.30. The number of hydrogen-bond acceptors (Lipinski definition) is 4. The summed E-state index contributed by atoms with van der Waals surface area (Å²) >= 11 is 0. The summed E-state index contributed by atoms with van der Waals surface area (Å²) in [6, 6.07) is 0.282. The molecule has 0 unspecified atom stereocenters. The molecule has 0 radical (unpaired) electrons. The SMILES string of the molecule is CS(=O)(=O)N1CCCC[C@H]1C(=O)NC[C@H]1CCN(C2CC2)C1. The van der Waals surface area contributed by atoms with E-state index in [1.165, 1.54) is 23.4 Å². The van der Waals surface area contributed by atoms with Crippen molar-refractivity contribution in [3.05, 3.63) is 0 Å². The lowest BCUT2D eigenvalue weighted by Gasteiger charge is -2.32. The molecule has 3 rings (SSSR count). The van der Waals surface area contributed by atoms with Crippen molar-refractivity contribution in [2.75, 3.05) is 32.4 Å². The highest BCUT2D eigenvalue weighted by Gasteiger charge is 2.36. The van der Waals surface area contributed by atoms with E-state index in [2.05, 4.69) is 10.2 Å². The van der Waals surface area contributed by atoms with Crippen molar-refractivity contribution in [1.29, 1.82) is 0 Å². The molecule has 0 aromatic rings. The van der Waals surface area contributed by atoms with Gasteiger partial charge in [0.1, 0.15) is 6.04 Å². The molecule has 0 aromatic carbocycles. The number of carbonyl (C=O) groups excluding carboxylic acids is 1. The van der Waals surface area contributed by atoms with Gasteiger partial charge in [-0.15, -0.1) is 0 Å². The fraction of sp³-hybridized carbons (Fsp3) is 0.933. The number of amides is 1. The van der Waals surface area contributed by atoms with Crippen molar-refractivity contribution in [2.24, 2.45) is 5.92 Å². The summed E-state index contributed by atoms with van der Waals surface area (Å²) in [6.07, 6.45) is 7.38. The maximum atomic E-state index is 12.4. The van der Waals surface area contributed by atoms with E-state index in [0.717, 1.165) is 38.4 Å². The zero-order chi connectivity index (χ0) is 15.7. The number of carbonyl (C=O) groups is 1. The van der Waals surface area contributed by atoms with Gasteiger partial charge in [0, 0.05) is 25.7 Å². The quantitative estimate of drug-likeness (QED) is 0.793. The Morgan fingerprint density at radius 2 is 1.91 bits per heavy atom. The number of nitrogens with one attached hydrogen (secondary N) is 1. The van der Waals surface area contributed by atoms with Crippen LogP contribution < -0.4 is 5.32 Å². The van der Waals surface area contributed by atoms with E-state index in [4.69, 9.17) is 0 Å². The van der Waals surface area contributed by atoms with Crippen molar-refractivity contribution in [3.8, 4) is 0 Å². The van der Waals surface area contributed by atoms with E-state index in [0.29, 0.717) is 25.4 Å². The number of nitrogens with zero attached hydrogens (tertiary/aromatic N) is 2. The molecule has 22 heavy (non-hydrogen) atoms. The molecule has 2 heterocycles. The second-order valence-corrected chi connectivity index (χ2v) is 8.95. The first kappa shape index (κ1) is 16.2. The second kappa shape index (κ2) is 6.45. The Bertz CT molecular complexity index is 518. The molecule has 0 bridgehead atoms. The first-order valence-electron chi connectivity index (χ1n) is 8.44. The fourth-order valence-electron chi connectivity index (χ4n) is 3.73. The molecule has 1 saturated carbocycles. The van der Waals surface area contributed by atoms with Gasteiger partial charge in [0.25, 0.3) is 0 Å². The second-order valence-electron chi connectivity index (χ2n) is 7.01. The van der Waals surface area contributed by atoms with Crippen LogP contribution in [-0.2, 0) is 14.8 Å². The van der Waals surface area contributed by atoms with Crippen molar-refractivity contribution >= 4 is 15.9 Å². The number of hydrogen-bond donors (Lipinski definition) is 1. The summed E-state index contributed by atoms with van der Waals surface area (Å²) < 4.78 is 25.0. The molecule has 1 amide bonds. The predicted octanol–water partition coefficient (Wildman–Crippen LogP) is 0.401. The van der Waals surface area contributed by atoms with E-state index in [-0.39, 0.29) is 5.91 Å². The van der Waals surface area contributed by atoms with Gasteiger partial charge in [0.2, 0.25) is 15.9 Å². The first-order valence-corrected chi connectivity index (χ1v) is 10.3. The van der Waals surface area contributed by atoms with Gasteiger partial charge in [-0.05, 0) is 44.6 Å². The number of sulfonamides is 1. The van der Waals surface area contributed by atoms with Crippen LogP contribution in [0.4, 0.5) is 0 Å². The molecule has 2 saturated heterocycles. The monoisotopic (exact) mass is 329 g/mol. The molecule has 7 heteroatoms. The summed E-state index contributed by atoms with van der Waals surface area (Å²) in [5.41, 5.74) is 0. The molecule has 2 aliphatic heterocycles. The lowest BCUT2D eigenvalue weighted by molar-refractivity contribution is -0.125. The summed E-state index contributed by atoms with van der Waals surface area (Å²) in [7, 11) is -3.30. The van der Waals surface area contributed by atoms with E-state index >= 15 is 0 Å². The zero-order valence-corrected chi connectivity index (χ0v) is 14.1. The Morgan fingerprint density at radius 3 is 2.59 bits per heavy atom. The van der Waals surface area contributed by atoms with Crippen LogP contribution in [0.1, 0.15) is 38.5 Å². The Morgan fingerprint density at radius 1 is 1.14 bits per heavy atom. The molecule has 2 atom stereocenters. The van der Waals surface area contributed by atoms with Crippen LogP contribution in [0.25, 0.3) is 0 Å². The fourth-order valence-corrected chi connectivity index (χ4v) is 4.85. The molecule has 126 valence electrons. The molecule has 0 aromatic heterocycles. The van der Waals surface area contributed by atoms with Gasteiger partial charge < -0.3 is 10.2 Å². The van der Waals surface area contributed by atoms with Gasteiger partial charge >= 0.3 is 0 Å². The van der Waals surface area contributed by atoms with E-state index in [1.807, 2.05) is 0 Å². The van der Waals surface area contributed by atoms with Crippen LogP contribution in [-0.4, -0.2) is 68.0 Å². The van der Waals surface area contributed by atoms with Crippen LogP contribution >= 0.6 is 0 Å². The smallest absolute Gasteiger partial charge is 0.238 e. The third kappa shape index (κ3) is 3.81. The van der Waals surface area contributed by atoms with Crippen LogP contribution in [0.15, 0.2) is 0 Å².